The normalized spacial score (nSPS) is 19.1. The molecule has 0 saturated carbocycles. The lowest BCUT2D eigenvalue weighted by Gasteiger charge is -2.35. The number of likely N-dealkylation sites (tertiary alicyclic amines) is 1. The van der Waals surface area contributed by atoms with Crippen molar-refractivity contribution in [2.24, 2.45) is 5.41 Å². The van der Waals surface area contributed by atoms with Crippen LogP contribution >= 0.6 is 11.3 Å². The number of aromatic nitrogens is 1. The van der Waals surface area contributed by atoms with Crippen molar-refractivity contribution in [2.45, 2.75) is 78.1 Å². The van der Waals surface area contributed by atoms with Gasteiger partial charge in [0.2, 0.25) is 17.7 Å². The quantitative estimate of drug-likeness (QED) is 0.459. The van der Waals surface area contributed by atoms with Crippen LogP contribution in [0.4, 0.5) is 0 Å². The second kappa shape index (κ2) is 11.9. The van der Waals surface area contributed by atoms with Crippen LogP contribution in [-0.2, 0) is 14.4 Å². The summed E-state index contributed by atoms with van der Waals surface area (Å²) in [5.74, 6) is 1.37. The van der Waals surface area contributed by atoms with E-state index >= 15 is 0 Å². The number of carbonyl (C=O) groups is 3. The van der Waals surface area contributed by atoms with Crippen LogP contribution in [-0.4, -0.2) is 57.4 Å². The molecular formula is C28H36N4O4S. The third-order valence-electron chi connectivity index (χ3n) is 6.56. The maximum Gasteiger partial charge on any atom is 0.246 e. The molecule has 8 nitrogen and oxygen atoms in total. The number of terminal acetylenes is 1. The Morgan fingerprint density at radius 3 is 2.49 bits per heavy atom. The van der Waals surface area contributed by atoms with E-state index < -0.39 is 29.5 Å². The number of aliphatic hydroxyl groups excluding tert-OH is 1. The number of thiazole rings is 1. The molecule has 0 aliphatic carbocycles. The molecule has 1 aromatic carbocycles. The summed E-state index contributed by atoms with van der Waals surface area (Å²) in [7, 11) is 0. The summed E-state index contributed by atoms with van der Waals surface area (Å²) < 4.78 is 0. The molecule has 37 heavy (non-hydrogen) atoms. The minimum atomic E-state index is -0.862. The fraction of sp³-hybridized carbons (Fsp3) is 0.500. The summed E-state index contributed by atoms with van der Waals surface area (Å²) in [6.45, 7) is 9.42. The molecule has 198 valence electrons. The molecule has 0 bridgehead atoms. The number of benzene rings is 1. The van der Waals surface area contributed by atoms with Gasteiger partial charge < -0.3 is 20.6 Å². The van der Waals surface area contributed by atoms with Crippen LogP contribution in [0.2, 0.25) is 0 Å². The van der Waals surface area contributed by atoms with Gasteiger partial charge in [0, 0.05) is 25.8 Å². The van der Waals surface area contributed by atoms with E-state index in [1.54, 1.807) is 11.3 Å². The van der Waals surface area contributed by atoms with Crippen molar-refractivity contribution in [1.82, 2.24) is 20.5 Å². The standard InChI is InChI=1S/C28H36N4O4S/c1-7-8-9-23(34)31-25(28(4,5)6)27(36)32-15-21(33)14-22(32)26(35)30-17(2)19-10-12-20(13-11-19)24-18(3)29-16-37-24/h1,10-13,16-17,21-22,25,33H,8-9,14-15H2,2-6H3,(H,30,35)(H,31,34)/t17-,21+,22-,25+/m0/s1. The zero-order chi connectivity index (χ0) is 27.3. The molecule has 1 fully saturated rings. The summed E-state index contributed by atoms with van der Waals surface area (Å²) in [4.78, 5) is 46.0. The van der Waals surface area contributed by atoms with Crippen molar-refractivity contribution in [3.63, 3.8) is 0 Å². The molecule has 0 unspecified atom stereocenters. The van der Waals surface area contributed by atoms with Crippen molar-refractivity contribution >= 4 is 29.1 Å². The number of aliphatic hydroxyl groups is 1. The molecule has 3 rings (SSSR count). The van der Waals surface area contributed by atoms with Gasteiger partial charge in [0.05, 0.1) is 28.2 Å². The van der Waals surface area contributed by atoms with Gasteiger partial charge in [-0.15, -0.1) is 23.7 Å². The van der Waals surface area contributed by atoms with Crippen LogP contribution in [0, 0.1) is 24.7 Å². The highest BCUT2D eigenvalue weighted by atomic mass is 32.1. The van der Waals surface area contributed by atoms with Gasteiger partial charge in [-0.3, -0.25) is 14.4 Å². The number of hydrogen-bond donors (Lipinski definition) is 3. The van der Waals surface area contributed by atoms with Crippen LogP contribution in [0.3, 0.4) is 0 Å². The Bertz CT molecular complexity index is 1160. The van der Waals surface area contributed by atoms with Gasteiger partial charge in [-0.25, -0.2) is 4.98 Å². The van der Waals surface area contributed by atoms with Crippen molar-refractivity contribution in [3.05, 3.63) is 41.0 Å². The number of nitrogens with zero attached hydrogens (tertiary/aromatic N) is 2. The van der Waals surface area contributed by atoms with Gasteiger partial charge in [0.25, 0.3) is 0 Å². The van der Waals surface area contributed by atoms with Gasteiger partial charge in [-0.05, 0) is 30.4 Å². The monoisotopic (exact) mass is 524 g/mol. The molecule has 1 aliphatic heterocycles. The molecule has 0 spiro atoms. The first-order valence-electron chi connectivity index (χ1n) is 12.4. The zero-order valence-corrected chi connectivity index (χ0v) is 22.9. The van der Waals surface area contributed by atoms with Gasteiger partial charge >= 0.3 is 0 Å². The van der Waals surface area contributed by atoms with E-state index in [2.05, 4.69) is 21.5 Å². The third-order valence-corrected chi connectivity index (χ3v) is 7.53. The number of aryl methyl sites for hydroxylation is 1. The van der Waals surface area contributed by atoms with Gasteiger partial charge in [0.1, 0.15) is 12.1 Å². The zero-order valence-electron chi connectivity index (χ0n) is 22.1. The predicted octanol–water partition coefficient (Wildman–Crippen LogP) is 3.20. The molecule has 1 aromatic heterocycles. The summed E-state index contributed by atoms with van der Waals surface area (Å²) in [5.41, 5.74) is 4.17. The topological polar surface area (TPSA) is 112 Å². The summed E-state index contributed by atoms with van der Waals surface area (Å²) in [6, 6.07) is 5.94. The second-order valence-electron chi connectivity index (χ2n) is 10.6. The van der Waals surface area contributed by atoms with Crippen LogP contribution < -0.4 is 10.6 Å². The fourth-order valence-electron chi connectivity index (χ4n) is 4.43. The van der Waals surface area contributed by atoms with Crippen LogP contribution in [0.1, 0.15) is 64.3 Å². The number of hydrogen-bond acceptors (Lipinski definition) is 6. The van der Waals surface area contributed by atoms with Gasteiger partial charge in [-0.2, -0.15) is 0 Å². The number of rotatable bonds is 8. The molecule has 4 atom stereocenters. The van der Waals surface area contributed by atoms with E-state index in [0.717, 1.165) is 21.7 Å². The summed E-state index contributed by atoms with van der Waals surface area (Å²) in [6.07, 6.45) is 4.95. The predicted molar refractivity (Wildman–Crippen MR) is 144 cm³/mol. The maximum absolute atomic E-state index is 13.6. The van der Waals surface area contributed by atoms with Crippen LogP contribution in [0.5, 0.6) is 0 Å². The average molecular weight is 525 g/mol. The second-order valence-corrected chi connectivity index (χ2v) is 11.4. The molecule has 2 aromatic rings. The first-order valence-corrected chi connectivity index (χ1v) is 13.3. The Hall–Kier alpha value is -3.22. The number of β-amino-alcohol motifs (C(OH)–C–C–N with tert-alkyl or cyclic N) is 1. The largest absolute Gasteiger partial charge is 0.391 e. The lowest BCUT2D eigenvalue weighted by molar-refractivity contribution is -0.144. The highest BCUT2D eigenvalue weighted by Gasteiger charge is 2.44. The molecule has 1 saturated heterocycles. The summed E-state index contributed by atoms with van der Waals surface area (Å²) in [5, 5.41) is 16.1. The minimum absolute atomic E-state index is 0.0288. The number of nitrogens with one attached hydrogen (secondary N) is 2. The maximum atomic E-state index is 13.6. The van der Waals surface area contributed by atoms with Crippen molar-refractivity contribution in [2.75, 3.05) is 6.54 Å². The first kappa shape index (κ1) is 28.4. The molecule has 3 N–H and O–H groups in total. The molecule has 9 heteroatoms. The minimum Gasteiger partial charge on any atom is -0.391 e. The first-order chi connectivity index (χ1) is 17.4. The Morgan fingerprint density at radius 1 is 1.24 bits per heavy atom. The van der Waals surface area contributed by atoms with Crippen LogP contribution in [0.15, 0.2) is 29.8 Å². The Morgan fingerprint density at radius 2 is 1.92 bits per heavy atom. The lowest BCUT2D eigenvalue weighted by atomic mass is 9.85. The van der Waals surface area contributed by atoms with Crippen LogP contribution in [0.25, 0.3) is 10.4 Å². The fourth-order valence-corrected chi connectivity index (χ4v) is 5.25. The van der Waals surface area contributed by atoms with E-state index in [1.165, 1.54) is 4.90 Å². The molecular weight excluding hydrogens is 488 g/mol. The van der Waals surface area contributed by atoms with Crippen molar-refractivity contribution in [1.29, 1.82) is 0 Å². The molecule has 1 aliphatic rings. The van der Waals surface area contributed by atoms with Gasteiger partial charge in [-0.1, -0.05) is 45.0 Å². The highest BCUT2D eigenvalue weighted by molar-refractivity contribution is 7.13. The molecule has 0 radical (unpaired) electrons. The molecule has 2 heterocycles. The van der Waals surface area contributed by atoms with E-state index in [-0.39, 0.29) is 43.7 Å². The Labute approximate surface area is 222 Å². The van der Waals surface area contributed by atoms with E-state index in [9.17, 15) is 19.5 Å². The average Bonchev–Trinajstić information content (AvgIpc) is 3.45. The smallest absolute Gasteiger partial charge is 0.246 e. The van der Waals surface area contributed by atoms with Crippen molar-refractivity contribution < 1.29 is 19.5 Å². The lowest BCUT2D eigenvalue weighted by Crippen LogP contribution is -2.57. The Kier molecular flexibility index (Phi) is 9.11. The van der Waals surface area contributed by atoms with E-state index in [1.807, 2.05) is 64.4 Å². The van der Waals surface area contributed by atoms with Crippen molar-refractivity contribution in [3.8, 4) is 22.8 Å². The molecule has 3 amide bonds. The van der Waals surface area contributed by atoms with E-state index in [0.29, 0.717) is 0 Å². The highest BCUT2D eigenvalue weighted by Crippen LogP contribution is 2.29. The Balaban J connectivity index is 1.72. The van der Waals surface area contributed by atoms with E-state index in [4.69, 9.17) is 6.42 Å². The summed E-state index contributed by atoms with van der Waals surface area (Å²) >= 11 is 1.58. The SMILES string of the molecule is C#CCCC(=O)N[C@H](C(=O)N1C[C@H](O)C[C@H]1C(=O)N[C@@H](C)c1ccc(-c2scnc2C)cc1)C(C)(C)C. The third kappa shape index (κ3) is 6.96. The number of amides is 3. The number of carbonyl (C=O) groups excluding carboxylic acids is 3. The van der Waals surface area contributed by atoms with Gasteiger partial charge in [0.15, 0.2) is 0 Å².